The monoisotopic (exact) mass is 230 g/mol. The topological polar surface area (TPSA) is 41.5 Å². The molecule has 1 aromatic carbocycles. The van der Waals surface area contributed by atoms with Crippen LogP contribution in [0.4, 0.5) is 0 Å². The summed E-state index contributed by atoms with van der Waals surface area (Å²) in [6.07, 6.45) is 2.57. The molecular weight excluding hydrogens is 212 g/mol. The summed E-state index contributed by atoms with van der Waals surface area (Å²) >= 11 is 0. The number of aliphatic imine (C=N–C) groups is 1. The molecule has 0 saturated heterocycles. The van der Waals surface area contributed by atoms with Crippen LogP contribution in [-0.2, 0) is 11.2 Å². The number of hydrogen-bond donors (Lipinski definition) is 1. The molecule has 17 heavy (non-hydrogen) atoms. The standard InChI is InChI=1S/C14H18N2O/c1-11(14(17)16-3)9-13(15-2)10-12-7-5-4-6-8-12/h4-9H,10H2,1-3H3,(H,16,17)/b11-9+,15-13+. The number of rotatable bonds is 4. The normalized spacial score (nSPS) is 12.4. The lowest BCUT2D eigenvalue weighted by molar-refractivity contribution is -0.116. The van der Waals surface area contributed by atoms with E-state index in [0.29, 0.717) is 5.57 Å². The molecule has 0 fully saturated rings. The van der Waals surface area contributed by atoms with Crippen molar-refractivity contribution in [3.05, 3.63) is 47.5 Å². The average Bonchev–Trinajstić information content (AvgIpc) is 2.38. The second kappa shape index (κ2) is 6.63. The predicted molar refractivity (Wildman–Crippen MR) is 71.3 cm³/mol. The quantitative estimate of drug-likeness (QED) is 0.623. The molecule has 1 N–H and O–H groups in total. The van der Waals surface area contributed by atoms with E-state index in [9.17, 15) is 4.79 Å². The van der Waals surface area contributed by atoms with Crippen LogP contribution in [0.3, 0.4) is 0 Å². The van der Waals surface area contributed by atoms with Gasteiger partial charge < -0.3 is 5.32 Å². The number of amides is 1. The van der Waals surface area contributed by atoms with Gasteiger partial charge in [-0.25, -0.2) is 0 Å². The van der Waals surface area contributed by atoms with E-state index in [1.807, 2.05) is 36.4 Å². The van der Waals surface area contributed by atoms with Gasteiger partial charge in [-0.3, -0.25) is 9.79 Å². The molecular formula is C14H18N2O. The van der Waals surface area contributed by atoms with E-state index < -0.39 is 0 Å². The van der Waals surface area contributed by atoms with E-state index in [4.69, 9.17) is 0 Å². The van der Waals surface area contributed by atoms with Crippen LogP contribution >= 0.6 is 0 Å². The molecule has 0 aliphatic carbocycles. The lowest BCUT2D eigenvalue weighted by atomic mass is 10.1. The van der Waals surface area contributed by atoms with Gasteiger partial charge in [-0.1, -0.05) is 30.3 Å². The Labute approximate surface area is 102 Å². The van der Waals surface area contributed by atoms with Gasteiger partial charge in [0, 0.05) is 31.8 Å². The van der Waals surface area contributed by atoms with E-state index in [1.165, 1.54) is 5.56 Å². The van der Waals surface area contributed by atoms with Crippen LogP contribution < -0.4 is 5.32 Å². The number of nitrogens with one attached hydrogen (secondary N) is 1. The fraction of sp³-hybridized carbons (Fsp3) is 0.286. The summed E-state index contributed by atoms with van der Waals surface area (Å²) < 4.78 is 0. The first-order valence-electron chi connectivity index (χ1n) is 5.57. The van der Waals surface area contributed by atoms with Gasteiger partial charge in [-0.2, -0.15) is 0 Å². The summed E-state index contributed by atoms with van der Waals surface area (Å²) in [4.78, 5) is 15.6. The van der Waals surface area contributed by atoms with Gasteiger partial charge in [0.2, 0.25) is 5.91 Å². The molecule has 0 unspecified atom stereocenters. The third-order valence-electron chi connectivity index (χ3n) is 2.48. The lowest BCUT2D eigenvalue weighted by Gasteiger charge is -2.03. The Morgan fingerprint density at radius 2 is 2.00 bits per heavy atom. The molecule has 1 aromatic rings. The minimum Gasteiger partial charge on any atom is -0.355 e. The third-order valence-corrected chi connectivity index (χ3v) is 2.48. The van der Waals surface area contributed by atoms with Crippen molar-refractivity contribution in [2.75, 3.05) is 14.1 Å². The van der Waals surface area contributed by atoms with Crippen molar-refractivity contribution in [1.82, 2.24) is 5.32 Å². The van der Waals surface area contributed by atoms with E-state index in [-0.39, 0.29) is 5.91 Å². The Morgan fingerprint density at radius 3 is 2.53 bits per heavy atom. The summed E-state index contributed by atoms with van der Waals surface area (Å²) in [7, 11) is 3.37. The lowest BCUT2D eigenvalue weighted by Crippen LogP contribution is -2.19. The summed E-state index contributed by atoms with van der Waals surface area (Å²) in [6.45, 7) is 1.79. The van der Waals surface area contributed by atoms with E-state index >= 15 is 0 Å². The maximum atomic E-state index is 11.4. The van der Waals surface area contributed by atoms with Crippen LogP contribution in [0.1, 0.15) is 12.5 Å². The highest BCUT2D eigenvalue weighted by atomic mass is 16.1. The van der Waals surface area contributed by atoms with Gasteiger partial charge in [0.05, 0.1) is 0 Å². The van der Waals surface area contributed by atoms with Crippen molar-refractivity contribution in [2.24, 2.45) is 4.99 Å². The number of carbonyl (C=O) groups is 1. The molecule has 3 nitrogen and oxygen atoms in total. The number of benzene rings is 1. The molecule has 0 bridgehead atoms. The summed E-state index contributed by atoms with van der Waals surface area (Å²) in [5.41, 5.74) is 2.76. The Kier molecular flexibility index (Phi) is 5.14. The summed E-state index contributed by atoms with van der Waals surface area (Å²) in [5.74, 6) is -0.0702. The number of carbonyl (C=O) groups excluding carboxylic acids is 1. The SMILES string of the molecule is C/N=C(\C=C(/C)C(=O)NC)Cc1ccccc1. The van der Waals surface area contributed by atoms with Crippen molar-refractivity contribution < 1.29 is 4.79 Å². The molecule has 0 aliphatic heterocycles. The number of hydrogen-bond acceptors (Lipinski definition) is 2. The zero-order valence-corrected chi connectivity index (χ0v) is 10.5. The van der Waals surface area contributed by atoms with Crippen LogP contribution in [-0.4, -0.2) is 25.7 Å². The molecule has 1 rings (SSSR count). The fourth-order valence-corrected chi connectivity index (χ4v) is 1.51. The van der Waals surface area contributed by atoms with E-state index in [2.05, 4.69) is 10.3 Å². The van der Waals surface area contributed by atoms with Gasteiger partial charge in [0.25, 0.3) is 0 Å². The van der Waals surface area contributed by atoms with Gasteiger partial charge >= 0.3 is 0 Å². The number of likely N-dealkylation sites (N-methyl/N-ethyl adjacent to an activating group) is 1. The molecule has 0 aliphatic rings. The molecule has 0 aromatic heterocycles. The smallest absolute Gasteiger partial charge is 0.246 e. The second-order valence-electron chi connectivity index (χ2n) is 3.78. The molecule has 0 radical (unpaired) electrons. The maximum absolute atomic E-state index is 11.4. The fourth-order valence-electron chi connectivity index (χ4n) is 1.51. The highest BCUT2D eigenvalue weighted by molar-refractivity contribution is 6.04. The van der Waals surface area contributed by atoms with Gasteiger partial charge in [0.1, 0.15) is 0 Å². The number of allylic oxidation sites excluding steroid dienone is 1. The number of nitrogens with zero attached hydrogens (tertiary/aromatic N) is 1. The largest absolute Gasteiger partial charge is 0.355 e. The minimum absolute atomic E-state index is 0.0702. The van der Waals surface area contributed by atoms with Crippen molar-refractivity contribution in [3.63, 3.8) is 0 Å². The third kappa shape index (κ3) is 4.23. The highest BCUT2D eigenvalue weighted by Gasteiger charge is 2.03. The zero-order chi connectivity index (χ0) is 12.7. The van der Waals surface area contributed by atoms with Crippen LogP contribution in [0.2, 0.25) is 0 Å². The molecule has 90 valence electrons. The summed E-state index contributed by atoms with van der Waals surface area (Å²) in [6, 6.07) is 10.1. The zero-order valence-electron chi connectivity index (χ0n) is 10.5. The molecule has 0 heterocycles. The molecule has 0 atom stereocenters. The average molecular weight is 230 g/mol. The first-order chi connectivity index (χ1) is 8.17. The van der Waals surface area contributed by atoms with Crippen LogP contribution in [0.5, 0.6) is 0 Å². The molecule has 1 amide bonds. The van der Waals surface area contributed by atoms with Crippen molar-refractivity contribution >= 4 is 11.6 Å². The Hall–Kier alpha value is -1.90. The predicted octanol–water partition coefficient (Wildman–Crippen LogP) is 1.99. The van der Waals surface area contributed by atoms with Gasteiger partial charge in [-0.15, -0.1) is 0 Å². The highest BCUT2D eigenvalue weighted by Crippen LogP contribution is 2.04. The van der Waals surface area contributed by atoms with E-state index in [1.54, 1.807) is 21.0 Å². The second-order valence-corrected chi connectivity index (χ2v) is 3.78. The van der Waals surface area contributed by atoms with Crippen LogP contribution in [0, 0.1) is 0 Å². The minimum atomic E-state index is -0.0702. The van der Waals surface area contributed by atoms with Crippen molar-refractivity contribution in [1.29, 1.82) is 0 Å². The molecule has 0 spiro atoms. The maximum Gasteiger partial charge on any atom is 0.246 e. The Bertz CT molecular complexity index is 433. The first-order valence-corrected chi connectivity index (χ1v) is 5.57. The van der Waals surface area contributed by atoms with Crippen molar-refractivity contribution in [3.8, 4) is 0 Å². The van der Waals surface area contributed by atoms with Crippen molar-refractivity contribution in [2.45, 2.75) is 13.3 Å². The van der Waals surface area contributed by atoms with Crippen LogP contribution in [0.25, 0.3) is 0 Å². The van der Waals surface area contributed by atoms with Gasteiger partial charge in [-0.05, 0) is 18.6 Å². The van der Waals surface area contributed by atoms with Crippen LogP contribution in [0.15, 0.2) is 47.0 Å². The Morgan fingerprint density at radius 1 is 1.35 bits per heavy atom. The first kappa shape index (κ1) is 13.2. The summed E-state index contributed by atoms with van der Waals surface area (Å²) in [5, 5.41) is 2.60. The van der Waals surface area contributed by atoms with E-state index in [0.717, 1.165) is 12.1 Å². The van der Waals surface area contributed by atoms with Gasteiger partial charge in [0.15, 0.2) is 0 Å². The Balaban J connectivity index is 2.78. The molecule has 3 heteroatoms. The molecule has 0 saturated carbocycles.